The molecule has 1 aliphatic rings. The predicted octanol–water partition coefficient (Wildman–Crippen LogP) is 2.65. The molecular formula is C11H10ClN3S. The number of benzene rings is 1. The predicted molar refractivity (Wildman–Crippen MR) is 65.3 cm³/mol. The SMILES string of the molecule is ClCc1nnc2n1-c1ccccc1SCC2. The number of para-hydroxylation sites is 1. The van der Waals surface area contributed by atoms with Crippen molar-refractivity contribution in [2.75, 3.05) is 5.75 Å². The van der Waals surface area contributed by atoms with Gasteiger partial charge in [0.25, 0.3) is 0 Å². The lowest BCUT2D eigenvalue weighted by atomic mass is 10.3. The molecule has 82 valence electrons. The van der Waals surface area contributed by atoms with Crippen LogP contribution in [0, 0.1) is 0 Å². The zero-order chi connectivity index (χ0) is 11.0. The Morgan fingerprint density at radius 1 is 1.31 bits per heavy atom. The average molecular weight is 252 g/mol. The lowest BCUT2D eigenvalue weighted by Crippen LogP contribution is -2.03. The minimum Gasteiger partial charge on any atom is -0.281 e. The Morgan fingerprint density at radius 2 is 2.19 bits per heavy atom. The molecule has 0 saturated carbocycles. The Hall–Kier alpha value is -1.00. The molecule has 0 unspecified atom stereocenters. The lowest BCUT2D eigenvalue weighted by molar-refractivity contribution is 0.870. The summed E-state index contributed by atoms with van der Waals surface area (Å²) >= 11 is 7.75. The van der Waals surface area contributed by atoms with Gasteiger partial charge in [0.15, 0.2) is 5.82 Å². The van der Waals surface area contributed by atoms with Crippen molar-refractivity contribution in [1.82, 2.24) is 14.8 Å². The summed E-state index contributed by atoms with van der Waals surface area (Å²) in [6.45, 7) is 0. The van der Waals surface area contributed by atoms with Crippen LogP contribution in [0.15, 0.2) is 29.2 Å². The molecule has 5 heteroatoms. The summed E-state index contributed by atoms with van der Waals surface area (Å²) in [7, 11) is 0. The fraction of sp³-hybridized carbons (Fsp3) is 0.273. The number of fused-ring (bicyclic) bond motifs is 3. The maximum atomic E-state index is 5.89. The molecule has 0 atom stereocenters. The number of alkyl halides is 1. The van der Waals surface area contributed by atoms with E-state index in [2.05, 4.69) is 33.0 Å². The van der Waals surface area contributed by atoms with Crippen molar-refractivity contribution < 1.29 is 0 Å². The van der Waals surface area contributed by atoms with Crippen LogP contribution in [0.4, 0.5) is 0 Å². The van der Waals surface area contributed by atoms with Crippen molar-refractivity contribution in [3.63, 3.8) is 0 Å². The minimum atomic E-state index is 0.395. The summed E-state index contributed by atoms with van der Waals surface area (Å²) < 4.78 is 2.09. The molecular weight excluding hydrogens is 242 g/mol. The minimum absolute atomic E-state index is 0.395. The van der Waals surface area contributed by atoms with E-state index in [0.29, 0.717) is 5.88 Å². The third-order valence-electron chi connectivity index (χ3n) is 2.61. The number of aryl methyl sites for hydroxylation is 1. The van der Waals surface area contributed by atoms with Gasteiger partial charge in [-0.1, -0.05) is 12.1 Å². The van der Waals surface area contributed by atoms with Gasteiger partial charge in [0.05, 0.1) is 11.6 Å². The molecule has 0 saturated heterocycles. The second-order valence-corrected chi connectivity index (χ2v) is 4.97. The number of aromatic nitrogens is 3. The smallest absolute Gasteiger partial charge is 0.152 e. The fourth-order valence-electron chi connectivity index (χ4n) is 1.90. The number of halogens is 1. The number of nitrogens with zero attached hydrogens (tertiary/aromatic N) is 3. The van der Waals surface area contributed by atoms with Crippen LogP contribution >= 0.6 is 23.4 Å². The van der Waals surface area contributed by atoms with Crippen molar-refractivity contribution in [1.29, 1.82) is 0 Å². The summed E-state index contributed by atoms with van der Waals surface area (Å²) in [5, 5.41) is 8.33. The van der Waals surface area contributed by atoms with Crippen molar-refractivity contribution in [3.05, 3.63) is 35.9 Å². The van der Waals surface area contributed by atoms with E-state index in [1.165, 1.54) is 4.90 Å². The van der Waals surface area contributed by atoms with Crippen LogP contribution in [-0.2, 0) is 12.3 Å². The first-order valence-corrected chi connectivity index (χ1v) is 6.63. The van der Waals surface area contributed by atoms with Gasteiger partial charge in [-0.05, 0) is 12.1 Å². The van der Waals surface area contributed by atoms with Gasteiger partial charge in [0, 0.05) is 17.1 Å². The Bertz CT molecular complexity index is 524. The zero-order valence-electron chi connectivity index (χ0n) is 8.56. The summed E-state index contributed by atoms with van der Waals surface area (Å²) in [4.78, 5) is 1.27. The van der Waals surface area contributed by atoms with Crippen LogP contribution in [0.3, 0.4) is 0 Å². The van der Waals surface area contributed by atoms with Gasteiger partial charge in [0.1, 0.15) is 5.82 Å². The highest BCUT2D eigenvalue weighted by atomic mass is 35.5. The first-order valence-electron chi connectivity index (χ1n) is 5.11. The van der Waals surface area contributed by atoms with Gasteiger partial charge in [-0.15, -0.1) is 33.6 Å². The maximum Gasteiger partial charge on any atom is 0.152 e. The van der Waals surface area contributed by atoms with E-state index in [-0.39, 0.29) is 0 Å². The summed E-state index contributed by atoms with van der Waals surface area (Å²) in [5.41, 5.74) is 1.15. The fourth-order valence-corrected chi connectivity index (χ4v) is 3.06. The van der Waals surface area contributed by atoms with E-state index in [1.54, 1.807) is 0 Å². The second kappa shape index (κ2) is 4.11. The Morgan fingerprint density at radius 3 is 3.06 bits per heavy atom. The Labute approximate surface area is 103 Å². The molecule has 1 aliphatic heterocycles. The Balaban J connectivity index is 2.27. The van der Waals surface area contributed by atoms with Gasteiger partial charge >= 0.3 is 0 Å². The van der Waals surface area contributed by atoms with Gasteiger partial charge in [-0.2, -0.15) is 0 Å². The molecule has 3 nitrogen and oxygen atoms in total. The van der Waals surface area contributed by atoms with E-state index in [4.69, 9.17) is 11.6 Å². The molecule has 0 bridgehead atoms. The number of hydrogen-bond donors (Lipinski definition) is 0. The van der Waals surface area contributed by atoms with Gasteiger partial charge in [-0.25, -0.2) is 0 Å². The van der Waals surface area contributed by atoms with Crippen LogP contribution in [0.1, 0.15) is 11.6 Å². The van der Waals surface area contributed by atoms with Crippen molar-refractivity contribution in [2.24, 2.45) is 0 Å². The van der Waals surface area contributed by atoms with Crippen LogP contribution in [0.25, 0.3) is 5.69 Å². The zero-order valence-corrected chi connectivity index (χ0v) is 10.1. The summed E-state index contributed by atoms with van der Waals surface area (Å²) in [6, 6.07) is 8.32. The molecule has 1 aromatic carbocycles. The van der Waals surface area contributed by atoms with Gasteiger partial charge in [-0.3, -0.25) is 4.57 Å². The normalized spacial score (nSPS) is 14.1. The first-order chi connectivity index (χ1) is 7.90. The second-order valence-electron chi connectivity index (χ2n) is 3.57. The lowest BCUT2D eigenvalue weighted by Gasteiger charge is -2.09. The topological polar surface area (TPSA) is 30.7 Å². The molecule has 0 fully saturated rings. The van der Waals surface area contributed by atoms with Crippen LogP contribution in [-0.4, -0.2) is 20.5 Å². The molecule has 16 heavy (non-hydrogen) atoms. The molecule has 1 aromatic heterocycles. The summed E-state index contributed by atoms with van der Waals surface area (Å²) in [5.74, 6) is 3.27. The molecule has 0 aliphatic carbocycles. The van der Waals surface area contributed by atoms with Gasteiger partial charge in [0.2, 0.25) is 0 Å². The number of rotatable bonds is 1. The quantitative estimate of drug-likeness (QED) is 0.730. The van der Waals surface area contributed by atoms with E-state index in [0.717, 1.165) is 29.5 Å². The molecule has 2 heterocycles. The van der Waals surface area contributed by atoms with Gasteiger partial charge < -0.3 is 0 Å². The van der Waals surface area contributed by atoms with Crippen LogP contribution < -0.4 is 0 Å². The standard InChI is InChI=1S/C11H10ClN3S/c12-7-11-14-13-10-5-6-16-9-4-2-1-3-8(9)15(10)11/h1-4H,5-7H2. The third kappa shape index (κ3) is 1.53. The van der Waals surface area contributed by atoms with Crippen LogP contribution in [0.2, 0.25) is 0 Å². The van der Waals surface area contributed by atoms with E-state index in [9.17, 15) is 0 Å². The van der Waals surface area contributed by atoms with E-state index < -0.39 is 0 Å². The molecule has 3 rings (SSSR count). The highest BCUT2D eigenvalue weighted by Gasteiger charge is 2.18. The third-order valence-corrected chi connectivity index (χ3v) is 3.91. The van der Waals surface area contributed by atoms with Crippen molar-refractivity contribution in [2.45, 2.75) is 17.2 Å². The number of hydrogen-bond acceptors (Lipinski definition) is 3. The van der Waals surface area contributed by atoms with Crippen LogP contribution in [0.5, 0.6) is 0 Å². The van der Waals surface area contributed by atoms with E-state index >= 15 is 0 Å². The van der Waals surface area contributed by atoms with E-state index in [1.807, 2.05) is 17.8 Å². The summed E-state index contributed by atoms with van der Waals surface area (Å²) in [6.07, 6.45) is 0.934. The Kier molecular flexibility index (Phi) is 2.61. The first kappa shape index (κ1) is 10.2. The molecule has 0 amide bonds. The average Bonchev–Trinajstić information content (AvgIpc) is 2.64. The largest absolute Gasteiger partial charge is 0.281 e. The van der Waals surface area contributed by atoms with Crippen molar-refractivity contribution in [3.8, 4) is 5.69 Å². The molecule has 0 N–H and O–H groups in total. The highest BCUT2D eigenvalue weighted by Crippen LogP contribution is 2.31. The highest BCUT2D eigenvalue weighted by molar-refractivity contribution is 7.99. The molecule has 0 spiro atoms. The number of thioether (sulfide) groups is 1. The molecule has 2 aromatic rings. The van der Waals surface area contributed by atoms with Crippen molar-refractivity contribution >= 4 is 23.4 Å². The maximum absolute atomic E-state index is 5.89. The monoisotopic (exact) mass is 251 g/mol. The molecule has 0 radical (unpaired) electrons.